The van der Waals surface area contributed by atoms with Gasteiger partial charge in [0, 0.05) is 20.9 Å². The predicted molar refractivity (Wildman–Crippen MR) is 157 cm³/mol. The third kappa shape index (κ3) is 6.90. The van der Waals surface area contributed by atoms with Crippen LogP contribution < -0.4 is 20.3 Å². The molecule has 0 bridgehead atoms. The van der Waals surface area contributed by atoms with Gasteiger partial charge in [0.05, 0.1) is 29.9 Å². The number of aryl methyl sites for hydroxylation is 1. The van der Waals surface area contributed by atoms with Gasteiger partial charge in [0.15, 0.2) is 18.1 Å². The van der Waals surface area contributed by atoms with E-state index in [9.17, 15) is 14.0 Å². The van der Waals surface area contributed by atoms with Crippen molar-refractivity contribution in [2.75, 3.05) is 19.0 Å². The summed E-state index contributed by atoms with van der Waals surface area (Å²) in [4.78, 5) is 30.6. The maximum Gasteiger partial charge on any atom is 0.282 e. The van der Waals surface area contributed by atoms with Crippen molar-refractivity contribution in [3.8, 4) is 11.5 Å². The van der Waals surface area contributed by atoms with Gasteiger partial charge in [-0.3, -0.25) is 9.59 Å². The Morgan fingerprint density at radius 2 is 1.95 bits per heavy atom. The van der Waals surface area contributed by atoms with Crippen molar-refractivity contribution in [2.24, 2.45) is 5.10 Å². The molecule has 3 aromatic carbocycles. The van der Waals surface area contributed by atoms with E-state index in [-0.39, 0.29) is 17.0 Å². The highest BCUT2D eigenvalue weighted by Gasteiger charge is 2.16. The number of anilines is 1. The highest BCUT2D eigenvalue weighted by atomic mass is 79.9. The summed E-state index contributed by atoms with van der Waals surface area (Å²) in [5, 5.41) is 7.40. The molecule has 0 atom stereocenters. The molecule has 0 aliphatic heterocycles. The minimum atomic E-state index is -0.560. The number of amides is 1. The SMILES string of the molecule is CCCCc1nc2ccc(Br)cc2c(=O)n1N=Cc1cc(Br)cc(OC)c1OCC(=O)Nc1ccccc1F. The first kappa shape index (κ1) is 28.4. The average Bonchev–Trinajstić information content (AvgIpc) is 2.92. The fourth-order valence-electron chi connectivity index (χ4n) is 3.81. The van der Waals surface area contributed by atoms with Crippen molar-refractivity contribution in [3.05, 3.63) is 91.1 Å². The van der Waals surface area contributed by atoms with Crippen LogP contribution in [0.1, 0.15) is 31.2 Å². The van der Waals surface area contributed by atoms with Crippen molar-refractivity contribution in [3.63, 3.8) is 0 Å². The highest BCUT2D eigenvalue weighted by molar-refractivity contribution is 9.10. The van der Waals surface area contributed by atoms with Crippen LogP contribution in [0, 0.1) is 5.82 Å². The lowest BCUT2D eigenvalue weighted by atomic mass is 10.2. The molecule has 0 radical (unpaired) electrons. The lowest BCUT2D eigenvalue weighted by Crippen LogP contribution is -2.23. The van der Waals surface area contributed by atoms with Crippen molar-refractivity contribution in [2.45, 2.75) is 26.2 Å². The number of para-hydroxylation sites is 1. The van der Waals surface area contributed by atoms with Crippen LogP contribution in [0.3, 0.4) is 0 Å². The summed E-state index contributed by atoms with van der Waals surface area (Å²) < 4.78 is 27.9. The molecule has 4 aromatic rings. The second-order valence-corrected chi connectivity index (χ2v) is 10.3. The topological polar surface area (TPSA) is 94.8 Å². The molecule has 0 unspecified atom stereocenters. The molecule has 0 fully saturated rings. The zero-order valence-electron chi connectivity index (χ0n) is 21.2. The Balaban J connectivity index is 1.69. The molecule has 4 rings (SSSR count). The van der Waals surface area contributed by atoms with E-state index in [1.165, 1.54) is 36.2 Å². The summed E-state index contributed by atoms with van der Waals surface area (Å²) in [7, 11) is 1.47. The smallest absolute Gasteiger partial charge is 0.282 e. The molecule has 39 heavy (non-hydrogen) atoms. The van der Waals surface area contributed by atoms with Gasteiger partial charge in [-0.2, -0.15) is 9.78 Å². The Hall–Kier alpha value is -3.57. The second-order valence-electron chi connectivity index (χ2n) is 8.50. The number of hydrogen-bond acceptors (Lipinski definition) is 6. The Bertz CT molecular complexity index is 1610. The quantitative estimate of drug-likeness (QED) is 0.201. The molecule has 1 N–H and O–H groups in total. The van der Waals surface area contributed by atoms with E-state index in [2.05, 4.69) is 54.2 Å². The van der Waals surface area contributed by atoms with E-state index in [0.717, 1.165) is 17.3 Å². The van der Waals surface area contributed by atoms with Crippen molar-refractivity contribution < 1.29 is 18.7 Å². The van der Waals surface area contributed by atoms with E-state index in [4.69, 9.17) is 9.47 Å². The predicted octanol–water partition coefficient (Wildman–Crippen LogP) is 6.31. The van der Waals surface area contributed by atoms with Gasteiger partial charge in [-0.1, -0.05) is 57.3 Å². The average molecular weight is 660 g/mol. The maximum absolute atomic E-state index is 13.9. The number of methoxy groups -OCH3 is 1. The summed E-state index contributed by atoms with van der Waals surface area (Å²) in [6, 6.07) is 14.6. The fraction of sp³-hybridized carbons (Fsp3) is 0.214. The molecule has 1 amide bonds. The van der Waals surface area contributed by atoms with Gasteiger partial charge in [-0.25, -0.2) is 9.37 Å². The van der Waals surface area contributed by atoms with Crippen LogP contribution in [-0.4, -0.2) is 35.5 Å². The first-order valence-electron chi connectivity index (χ1n) is 12.1. The van der Waals surface area contributed by atoms with Crippen LogP contribution >= 0.6 is 31.9 Å². The van der Waals surface area contributed by atoms with Crippen LogP contribution in [0.15, 0.2) is 73.4 Å². The van der Waals surface area contributed by atoms with Gasteiger partial charge in [0.25, 0.3) is 11.5 Å². The molecule has 0 spiro atoms. The lowest BCUT2D eigenvalue weighted by Gasteiger charge is -2.14. The number of rotatable bonds is 10. The molecule has 1 aromatic heterocycles. The van der Waals surface area contributed by atoms with Crippen LogP contribution in [0.5, 0.6) is 11.5 Å². The molecule has 202 valence electrons. The van der Waals surface area contributed by atoms with Crippen LogP contribution in [-0.2, 0) is 11.2 Å². The van der Waals surface area contributed by atoms with Crippen LogP contribution in [0.25, 0.3) is 10.9 Å². The normalized spacial score (nSPS) is 11.2. The number of carbonyl (C=O) groups excluding carboxylic acids is 1. The minimum Gasteiger partial charge on any atom is -0.493 e. The number of carbonyl (C=O) groups is 1. The zero-order chi connectivity index (χ0) is 27.9. The van der Waals surface area contributed by atoms with Crippen molar-refractivity contribution in [1.82, 2.24) is 9.66 Å². The van der Waals surface area contributed by atoms with Gasteiger partial charge in [-0.15, -0.1) is 0 Å². The Morgan fingerprint density at radius 3 is 2.69 bits per heavy atom. The van der Waals surface area contributed by atoms with E-state index in [1.54, 1.807) is 30.3 Å². The third-order valence-corrected chi connectivity index (χ3v) is 6.66. The lowest BCUT2D eigenvalue weighted by molar-refractivity contribution is -0.118. The number of benzene rings is 3. The Morgan fingerprint density at radius 1 is 1.15 bits per heavy atom. The summed E-state index contributed by atoms with van der Waals surface area (Å²) in [5.41, 5.74) is 0.778. The summed E-state index contributed by atoms with van der Waals surface area (Å²) >= 11 is 6.86. The fourth-order valence-corrected chi connectivity index (χ4v) is 4.62. The number of hydrogen-bond donors (Lipinski definition) is 1. The molecular formula is C28H25Br2FN4O4. The molecule has 8 nitrogen and oxygen atoms in total. The monoisotopic (exact) mass is 658 g/mol. The molecule has 0 saturated heterocycles. The summed E-state index contributed by atoms with van der Waals surface area (Å²) in [6.07, 6.45) is 3.78. The number of halogens is 3. The summed E-state index contributed by atoms with van der Waals surface area (Å²) in [6.45, 7) is 1.64. The largest absolute Gasteiger partial charge is 0.493 e. The number of aromatic nitrogens is 2. The van der Waals surface area contributed by atoms with Crippen LogP contribution in [0.2, 0.25) is 0 Å². The first-order chi connectivity index (χ1) is 18.8. The third-order valence-electron chi connectivity index (χ3n) is 5.71. The van der Waals surface area contributed by atoms with Crippen molar-refractivity contribution in [1.29, 1.82) is 0 Å². The number of nitrogens with zero attached hydrogens (tertiary/aromatic N) is 3. The molecule has 0 aliphatic rings. The Kier molecular flexibility index (Phi) is 9.47. The van der Waals surface area contributed by atoms with Gasteiger partial charge < -0.3 is 14.8 Å². The second kappa shape index (κ2) is 13.0. The van der Waals surface area contributed by atoms with Gasteiger partial charge >= 0.3 is 0 Å². The highest BCUT2D eigenvalue weighted by Crippen LogP contribution is 2.34. The maximum atomic E-state index is 13.9. The Labute approximate surface area is 241 Å². The number of fused-ring (bicyclic) bond motifs is 1. The number of unbranched alkanes of at least 4 members (excludes halogenated alkanes) is 1. The molecular weight excluding hydrogens is 635 g/mol. The van der Waals surface area contributed by atoms with Gasteiger partial charge in [0.2, 0.25) is 0 Å². The van der Waals surface area contributed by atoms with Crippen LogP contribution in [0.4, 0.5) is 10.1 Å². The van der Waals surface area contributed by atoms with E-state index >= 15 is 0 Å². The zero-order valence-corrected chi connectivity index (χ0v) is 24.4. The van der Waals surface area contributed by atoms with Gasteiger partial charge in [0.1, 0.15) is 11.6 Å². The number of nitrogens with one attached hydrogen (secondary N) is 1. The standard InChI is InChI=1S/C28H25Br2FN4O4/c1-3-4-9-25-33-22-11-10-18(29)13-20(22)28(37)35(25)32-15-17-12-19(30)14-24(38-2)27(17)39-16-26(36)34-23-8-6-5-7-21(23)31/h5-8,10-15H,3-4,9,16H2,1-2H3,(H,34,36). The van der Waals surface area contributed by atoms with E-state index in [1.807, 2.05) is 6.07 Å². The summed E-state index contributed by atoms with van der Waals surface area (Å²) in [5.74, 6) is -0.0198. The number of ether oxygens (including phenoxy) is 2. The van der Waals surface area contributed by atoms with Gasteiger partial charge in [-0.05, 0) is 48.9 Å². The van der Waals surface area contributed by atoms with Crippen molar-refractivity contribution >= 4 is 60.6 Å². The first-order valence-corrected chi connectivity index (χ1v) is 13.7. The minimum absolute atomic E-state index is 0.0464. The molecule has 1 heterocycles. The molecule has 0 aliphatic carbocycles. The van der Waals surface area contributed by atoms with E-state index in [0.29, 0.717) is 38.9 Å². The molecule has 11 heteroatoms. The molecule has 0 saturated carbocycles. The van der Waals surface area contributed by atoms with E-state index < -0.39 is 18.3 Å².